The molecule has 1 aliphatic rings. The first kappa shape index (κ1) is 10.4. The van der Waals surface area contributed by atoms with Crippen molar-refractivity contribution in [1.29, 1.82) is 0 Å². The molecule has 0 aliphatic carbocycles. The quantitative estimate of drug-likeness (QED) is 0.482. The van der Waals surface area contributed by atoms with Gasteiger partial charge in [-0.1, -0.05) is 0 Å². The lowest BCUT2D eigenvalue weighted by molar-refractivity contribution is -0.127. The van der Waals surface area contributed by atoms with Gasteiger partial charge in [-0.3, -0.25) is 4.79 Å². The number of hydrogen-bond acceptors (Lipinski definition) is 4. The van der Waals surface area contributed by atoms with Crippen LogP contribution >= 0.6 is 0 Å². The lowest BCUT2D eigenvalue weighted by atomic mass is 10.0. The van der Waals surface area contributed by atoms with Crippen molar-refractivity contribution in [2.75, 3.05) is 33.4 Å². The van der Waals surface area contributed by atoms with E-state index in [9.17, 15) is 4.79 Å². The van der Waals surface area contributed by atoms with E-state index in [1.165, 1.54) is 0 Å². The number of aliphatic hydroxyl groups excluding tert-OH is 1. The molecule has 0 saturated carbocycles. The van der Waals surface area contributed by atoms with Crippen molar-refractivity contribution in [3.05, 3.63) is 0 Å². The van der Waals surface area contributed by atoms with Gasteiger partial charge in [-0.05, 0) is 0 Å². The van der Waals surface area contributed by atoms with E-state index in [-0.39, 0.29) is 24.5 Å². The summed E-state index contributed by atoms with van der Waals surface area (Å²) in [6.45, 7) is 1.73. The molecule has 1 atom stereocenters. The zero-order chi connectivity index (χ0) is 9.68. The van der Waals surface area contributed by atoms with Crippen LogP contribution in [0.3, 0.4) is 0 Å². The predicted molar refractivity (Wildman–Crippen MR) is 47.3 cm³/mol. The van der Waals surface area contributed by atoms with Gasteiger partial charge in [-0.2, -0.15) is 0 Å². The molecule has 1 saturated heterocycles. The first-order valence-electron chi connectivity index (χ1n) is 4.38. The highest BCUT2D eigenvalue weighted by Gasteiger charge is 2.26. The Morgan fingerprint density at radius 1 is 1.77 bits per heavy atom. The van der Waals surface area contributed by atoms with E-state index < -0.39 is 0 Å². The van der Waals surface area contributed by atoms with Crippen LogP contribution in [0, 0.1) is 5.92 Å². The van der Waals surface area contributed by atoms with Crippen LogP contribution in [0.1, 0.15) is 0 Å². The molecule has 5 nitrogen and oxygen atoms in total. The van der Waals surface area contributed by atoms with Crippen LogP contribution in [-0.2, 0) is 9.53 Å². The average molecular weight is 188 g/mol. The van der Waals surface area contributed by atoms with Crippen molar-refractivity contribution in [2.24, 2.45) is 5.92 Å². The molecule has 1 amide bonds. The second-order valence-corrected chi connectivity index (χ2v) is 3.20. The highest BCUT2D eigenvalue weighted by atomic mass is 16.5. The maximum atomic E-state index is 11.4. The Kier molecular flexibility index (Phi) is 4.14. The predicted octanol–water partition coefficient (Wildman–Crippen LogP) is -1.67. The molecule has 0 aromatic rings. The van der Waals surface area contributed by atoms with Crippen molar-refractivity contribution in [3.8, 4) is 0 Å². The first-order valence-corrected chi connectivity index (χ1v) is 4.38. The highest BCUT2D eigenvalue weighted by Crippen LogP contribution is 2.02. The summed E-state index contributed by atoms with van der Waals surface area (Å²) in [5.74, 6) is 0.0563. The molecule has 1 heterocycles. The summed E-state index contributed by atoms with van der Waals surface area (Å²) in [6, 6.07) is -0.280. The topological polar surface area (TPSA) is 70.6 Å². The Morgan fingerprint density at radius 2 is 2.46 bits per heavy atom. The lowest BCUT2D eigenvalue weighted by Crippen LogP contribution is -2.54. The van der Waals surface area contributed by atoms with Gasteiger partial charge in [0.05, 0.1) is 25.2 Å². The standard InChI is InChI=1S/C8H16N2O3/c1-13-5-7(4-11)10-8(12)6-2-9-3-6/h6-7,9,11H,2-5H2,1H3,(H,10,12). The van der Waals surface area contributed by atoms with Gasteiger partial charge in [-0.15, -0.1) is 0 Å². The monoisotopic (exact) mass is 188 g/mol. The summed E-state index contributed by atoms with van der Waals surface area (Å²) in [5.41, 5.74) is 0. The molecule has 0 spiro atoms. The largest absolute Gasteiger partial charge is 0.394 e. The minimum atomic E-state index is -0.280. The number of carbonyl (C=O) groups excluding carboxylic acids is 1. The fourth-order valence-corrected chi connectivity index (χ4v) is 1.13. The van der Waals surface area contributed by atoms with Crippen molar-refractivity contribution >= 4 is 5.91 Å². The molecular formula is C8H16N2O3. The third kappa shape index (κ3) is 2.95. The van der Waals surface area contributed by atoms with Crippen LogP contribution < -0.4 is 10.6 Å². The summed E-state index contributed by atoms with van der Waals surface area (Å²) in [4.78, 5) is 11.4. The van der Waals surface area contributed by atoms with Gasteiger partial charge < -0.3 is 20.5 Å². The van der Waals surface area contributed by atoms with E-state index in [0.717, 1.165) is 13.1 Å². The Morgan fingerprint density at radius 3 is 2.85 bits per heavy atom. The number of hydrogen-bond donors (Lipinski definition) is 3. The summed E-state index contributed by atoms with van der Waals surface area (Å²) in [5, 5.41) is 14.6. The van der Waals surface area contributed by atoms with Gasteiger partial charge in [0.15, 0.2) is 0 Å². The summed E-state index contributed by atoms with van der Waals surface area (Å²) in [6.07, 6.45) is 0. The molecule has 13 heavy (non-hydrogen) atoms. The van der Waals surface area contributed by atoms with Crippen LogP contribution in [0.25, 0.3) is 0 Å². The van der Waals surface area contributed by atoms with Crippen molar-refractivity contribution in [1.82, 2.24) is 10.6 Å². The van der Waals surface area contributed by atoms with E-state index in [0.29, 0.717) is 6.61 Å². The van der Waals surface area contributed by atoms with Gasteiger partial charge in [0.2, 0.25) is 5.91 Å². The SMILES string of the molecule is COCC(CO)NC(=O)C1CNC1. The van der Waals surface area contributed by atoms with E-state index in [2.05, 4.69) is 10.6 Å². The van der Waals surface area contributed by atoms with Crippen LogP contribution in [0.2, 0.25) is 0 Å². The van der Waals surface area contributed by atoms with Gasteiger partial charge in [0, 0.05) is 20.2 Å². The third-order valence-electron chi connectivity index (χ3n) is 2.09. The molecule has 0 bridgehead atoms. The fraction of sp³-hybridized carbons (Fsp3) is 0.875. The number of aliphatic hydroxyl groups is 1. The molecular weight excluding hydrogens is 172 g/mol. The second-order valence-electron chi connectivity index (χ2n) is 3.20. The van der Waals surface area contributed by atoms with Gasteiger partial charge in [0.25, 0.3) is 0 Å². The Labute approximate surface area is 77.5 Å². The minimum absolute atomic E-state index is 0.00477. The Balaban J connectivity index is 2.23. The van der Waals surface area contributed by atoms with Gasteiger partial charge in [0.1, 0.15) is 0 Å². The molecule has 5 heteroatoms. The van der Waals surface area contributed by atoms with E-state index in [1.54, 1.807) is 7.11 Å². The minimum Gasteiger partial charge on any atom is -0.394 e. The highest BCUT2D eigenvalue weighted by molar-refractivity contribution is 5.80. The smallest absolute Gasteiger partial charge is 0.226 e. The molecule has 1 rings (SSSR count). The molecule has 1 unspecified atom stereocenters. The molecule has 3 N–H and O–H groups in total. The first-order chi connectivity index (χ1) is 6.27. The third-order valence-corrected chi connectivity index (χ3v) is 2.09. The average Bonchev–Trinajstić information content (AvgIpc) is 2.00. The number of methoxy groups -OCH3 is 1. The maximum absolute atomic E-state index is 11.4. The van der Waals surface area contributed by atoms with Gasteiger partial charge >= 0.3 is 0 Å². The molecule has 0 aromatic carbocycles. The fourth-order valence-electron chi connectivity index (χ4n) is 1.13. The summed E-state index contributed by atoms with van der Waals surface area (Å²) in [7, 11) is 1.54. The van der Waals surface area contributed by atoms with Crippen molar-refractivity contribution in [2.45, 2.75) is 6.04 Å². The second kappa shape index (κ2) is 5.16. The molecule has 1 fully saturated rings. The zero-order valence-electron chi connectivity index (χ0n) is 7.75. The number of carbonyl (C=O) groups is 1. The Hall–Kier alpha value is -0.650. The van der Waals surface area contributed by atoms with E-state index in [4.69, 9.17) is 9.84 Å². The molecule has 1 aliphatic heterocycles. The molecule has 0 radical (unpaired) electrons. The van der Waals surface area contributed by atoms with E-state index >= 15 is 0 Å². The van der Waals surface area contributed by atoms with Crippen molar-refractivity contribution < 1.29 is 14.6 Å². The summed E-state index contributed by atoms with van der Waals surface area (Å²) >= 11 is 0. The number of amides is 1. The van der Waals surface area contributed by atoms with Crippen LogP contribution in [0.5, 0.6) is 0 Å². The number of ether oxygens (including phenoxy) is 1. The number of nitrogens with one attached hydrogen (secondary N) is 2. The molecule has 76 valence electrons. The van der Waals surface area contributed by atoms with Crippen LogP contribution in [-0.4, -0.2) is 50.5 Å². The van der Waals surface area contributed by atoms with Crippen LogP contribution in [0.15, 0.2) is 0 Å². The zero-order valence-corrected chi connectivity index (χ0v) is 7.75. The summed E-state index contributed by atoms with van der Waals surface area (Å²) < 4.78 is 4.84. The number of rotatable bonds is 5. The lowest BCUT2D eigenvalue weighted by Gasteiger charge is -2.27. The Bertz CT molecular complexity index is 171. The normalized spacial score (nSPS) is 19.2. The van der Waals surface area contributed by atoms with Crippen molar-refractivity contribution in [3.63, 3.8) is 0 Å². The van der Waals surface area contributed by atoms with E-state index in [1.807, 2.05) is 0 Å². The maximum Gasteiger partial charge on any atom is 0.226 e. The molecule has 0 aromatic heterocycles. The van der Waals surface area contributed by atoms with Gasteiger partial charge in [-0.25, -0.2) is 0 Å². The van der Waals surface area contributed by atoms with Crippen LogP contribution in [0.4, 0.5) is 0 Å².